The zero-order chi connectivity index (χ0) is 15.4. The van der Waals surface area contributed by atoms with Gasteiger partial charge in [0, 0.05) is 23.7 Å². The van der Waals surface area contributed by atoms with E-state index in [1.165, 1.54) is 37.0 Å². The zero-order valence-corrected chi connectivity index (χ0v) is 14.2. The molecule has 120 valence electrons. The SMILES string of the molecule is CCC1(CNc2ncc(C3CCCCC3)s2)CC(NC#N)C1. The van der Waals surface area contributed by atoms with Crippen molar-refractivity contribution in [1.29, 1.82) is 5.26 Å². The molecule has 0 bridgehead atoms. The van der Waals surface area contributed by atoms with E-state index in [1.807, 2.05) is 11.3 Å². The van der Waals surface area contributed by atoms with Gasteiger partial charge in [-0.25, -0.2) is 4.98 Å². The molecular formula is C17H26N4S. The highest BCUT2D eigenvalue weighted by Gasteiger charge is 2.42. The highest BCUT2D eigenvalue weighted by atomic mass is 32.1. The molecule has 2 saturated carbocycles. The van der Waals surface area contributed by atoms with Crippen LogP contribution in [0.15, 0.2) is 6.20 Å². The van der Waals surface area contributed by atoms with Gasteiger partial charge in [0.05, 0.1) is 0 Å². The molecule has 1 aromatic heterocycles. The summed E-state index contributed by atoms with van der Waals surface area (Å²) in [6, 6.07) is 0.376. The summed E-state index contributed by atoms with van der Waals surface area (Å²) in [4.78, 5) is 6.05. The summed E-state index contributed by atoms with van der Waals surface area (Å²) in [5.74, 6) is 0.745. The number of nitrogens with one attached hydrogen (secondary N) is 2. The Morgan fingerprint density at radius 1 is 1.36 bits per heavy atom. The molecule has 2 fully saturated rings. The second-order valence-corrected chi connectivity index (χ2v) is 8.03. The van der Waals surface area contributed by atoms with Crippen molar-refractivity contribution in [2.75, 3.05) is 11.9 Å². The second-order valence-electron chi connectivity index (χ2n) is 6.97. The van der Waals surface area contributed by atoms with Crippen molar-refractivity contribution in [3.63, 3.8) is 0 Å². The lowest BCUT2D eigenvalue weighted by Gasteiger charge is -2.46. The third-order valence-electron chi connectivity index (χ3n) is 5.52. The van der Waals surface area contributed by atoms with Crippen LogP contribution in [0.25, 0.3) is 0 Å². The molecule has 2 N–H and O–H groups in total. The Morgan fingerprint density at radius 2 is 2.14 bits per heavy atom. The normalized spacial score (nSPS) is 28.6. The molecule has 5 heteroatoms. The fraction of sp³-hybridized carbons (Fsp3) is 0.765. The van der Waals surface area contributed by atoms with Crippen LogP contribution in [0.1, 0.15) is 69.1 Å². The maximum atomic E-state index is 8.69. The Bertz CT molecular complexity index is 521. The first-order valence-electron chi connectivity index (χ1n) is 8.59. The van der Waals surface area contributed by atoms with Crippen molar-refractivity contribution < 1.29 is 0 Å². The standard InChI is InChI=1S/C17H26N4S/c1-2-17(8-14(9-17)21-12-18)11-20-16-19-10-15(22-16)13-6-4-3-5-7-13/h10,13-14,21H,2-9,11H2,1H3,(H,19,20). The van der Waals surface area contributed by atoms with E-state index in [9.17, 15) is 0 Å². The number of nitriles is 1. The van der Waals surface area contributed by atoms with E-state index in [1.54, 1.807) is 0 Å². The van der Waals surface area contributed by atoms with Crippen LogP contribution in [0.4, 0.5) is 5.13 Å². The number of thiazole rings is 1. The van der Waals surface area contributed by atoms with Crippen LogP contribution in [0.2, 0.25) is 0 Å². The van der Waals surface area contributed by atoms with Gasteiger partial charge in [-0.15, -0.1) is 11.3 Å². The van der Waals surface area contributed by atoms with Crippen molar-refractivity contribution in [1.82, 2.24) is 10.3 Å². The van der Waals surface area contributed by atoms with E-state index in [2.05, 4.69) is 34.9 Å². The summed E-state index contributed by atoms with van der Waals surface area (Å²) in [6.45, 7) is 3.23. The lowest BCUT2D eigenvalue weighted by Crippen LogP contribution is -2.50. The van der Waals surface area contributed by atoms with Crippen molar-refractivity contribution in [2.24, 2.45) is 5.41 Å². The van der Waals surface area contributed by atoms with Gasteiger partial charge >= 0.3 is 0 Å². The molecule has 0 saturated heterocycles. The predicted octanol–water partition coefficient (Wildman–Crippen LogP) is 4.23. The molecular weight excluding hydrogens is 292 g/mol. The number of hydrogen-bond acceptors (Lipinski definition) is 5. The summed E-state index contributed by atoms with van der Waals surface area (Å²) >= 11 is 1.85. The van der Waals surface area contributed by atoms with Crippen LogP contribution in [-0.2, 0) is 0 Å². The minimum atomic E-state index is 0.338. The number of anilines is 1. The van der Waals surface area contributed by atoms with Crippen LogP contribution in [0.5, 0.6) is 0 Å². The Hall–Kier alpha value is -1.28. The molecule has 0 unspecified atom stereocenters. The van der Waals surface area contributed by atoms with Gasteiger partial charge in [-0.2, -0.15) is 5.26 Å². The minimum absolute atomic E-state index is 0.338. The van der Waals surface area contributed by atoms with Gasteiger partial charge in [-0.3, -0.25) is 0 Å². The van der Waals surface area contributed by atoms with E-state index in [-0.39, 0.29) is 0 Å². The van der Waals surface area contributed by atoms with Crippen LogP contribution in [-0.4, -0.2) is 17.6 Å². The number of hydrogen-bond donors (Lipinski definition) is 2. The molecule has 2 aliphatic carbocycles. The van der Waals surface area contributed by atoms with Crippen LogP contribution >= 0.6 is 11.3 Å². The quantitative estimate of drug-likeness (QED) is 0.608. The Balaban J connectivity index is 1.51. The zero-order valence-electron chi connectivity index (χ0n) is 13.4. The average Bonchev–Trinajstić information content (AvgIpc) is 2.99. The summed E-state index contributed by atoms with van der Waals surface area (Å²) in [7, 11) is 0. The minimum Gasteiger partial charge on any atom is -0.361 e. The molecule has 0 radical (unpaired) electrons. The highest BCUT2D eigenvalue weighted by Crippen LogP contribution is 2.44. The summed E-state index contributed by atoms with van der Waals surface area (Å²) in [5.41, 5.74) is 0.338. The summed E-state index contributed by atoms with van der Waals surface area (Å²) in [5, 5.41) is 16.2. The average molecular weight is 318 g/mol. The number of nitrogens with zero attached hydrogens (tertiary/aromatic N) is 2. The van der Waals surface area contributed by atoms with Gasteiger partial charge in [0.15, 0.2) is 11.3 Å². The van der Waals surface area contributed by atoms with Gasteiger partial charge in [0.2, 0.25) is 0 Å². The van der Waals surface area contributed by atoms with Gasteiger partial charge in [0.25, 0.3) is 0 Å². The molecule has 0 spiro atoms. The molecule has 0 aromatic carbocycles. The maximum Gasteiger partial charge on any atom is 0.182 e. The molecule has 4 nitrogen and oxygen atoms in total. The first-order chi connectivity index (χ1) is 10.7. The Labute approximate surface area is 137 Å². The molecule has 0 aliphatic heterocycles. The topological polar surface area (TPSA) is 60.7 Å². The summed E-state index contributed by atoms with van der Waals surface area (Å²) in [6.07, 6.45) is 14.3. The second kappa shape index (κ2) is 6.87. The fourth-order valence-electron chi connectivity index (χ4n) is 3.94. The van der Waals surface area contributed by atoms with E-state index in [0.29, 0.717) is 11.5 Å². The lowest BCUT2D eigenvalue weighted by atomic mass is 9.64. The van der Waals surface area contributed by atoms with Crippen molar-refractivity contribution in [2.45, 2.75) is 70.3 Å². The van der Waals surface area contributed by atoms with Gasteiger partial charge in [0.1, 0.15) is 0 Å². The largest absolute Gasteiger partial charge is 0.361 e. The summed E-state index contributed by atoms with van der Waals surface area (Å²) < 4.78 is 0. The maximum absolute atomic E-state index is 8.69. The molecule has 0 amide bonds. The van der Waals surface area contributed by atoms with Gasteiger partial charge < -0.3 is 10.6 Å². The van der Waals surface area contributed by atoms with E-state index in [4.69, 9.17) is 5.26 Å². The third-order valence-corrected chi connectivity index (χ3v) is 6.64. The molecule has 0 atom stereocenters. The number of aromatic nitrogens is 1. The first-order valence-corrected chi connectivity index (χ1v) is 9.40. The third kappa shape index (κ3) is 3.38. The predicted molar refractivity (Wildman–Crippen MR) is 90.9 cm³/mol. The Morgan fingerprint density at radius 3 is 2.82 bits per heavy atom. The molecule has 1 heterocycles. The van der Waals surface area contributed by atoms with E-state index < -0.39 is 0 Å². The van der Waals surface area contributed by atoms with Crippen molar-refractivity contribution in [3.8, 4) is 6.19 Å². The lowest BCUT2D eigenvalue weighted by molar-refractivity contribution is 0.101. The smallest absolute Gasteiger partial charge is 0.182 e. The molecule has 3 rings (SSSR count). The van der Waals surface area contributed by atoms with Crippen LogP contribution in [0.3, 0.4) is 0 Å². The van der Waals surface area contributed by atoms with Crippen LogP contribution in [0, 0.1) is 16.9 Å². The highest BCUT2D eigenvalue weighted by molar-refractivity contribution is 7.15. The fourth-order valence-corrected chi connectivity index (χ4v) is 4.93. The van der Waals surface area contributed by atoms with Crippen LogP contribution < -0.4 is 10.6 Å². The molecule has 1 aromatic rings. The van der Waals surface area contributed by atoms with Crippen molar-refractivity contribution >= 4 is 16.5 Å². The molecule has 2 aliphatic rings. The number of rotatable bonds is 6. The Kier molecular flexibility index (Phi) is 4.87. The van der Waals surface area contributed by atoms with E-state index in [0.717, 1.165) is 36.9 Å². The molecule has 22 heavy (non-hydrogen) atoms. The monoisotopic (exact) mass is 318 g/mol. The van der Waals surface area contributed by atoms with Gasteiger partial charge in [-0.05, 0) is 43.4 Å². The van der Waals surface area contributed by atoms with Gasteiger partial charge in [-0.1, -0.05) is 26.2 Å². The van der Waals surface area contributed by atoms with Crippen molar-refractivity contribution in [3.05, 3.63) is 11.1 Å². The first kappa shape index (κ1) is 15.6. The van der Waals surface area contributed by atoms with E-state index >= 15 is 0 Å².